The summed E-state index contributed by atoms with van der Waals surface area (Å²) in [4.78, 5) is 15.2. The third-order valence-corrected chi connectivity index (χ3v) is 4.44. The lowest BCUT2D eigenvalue weighted by molar-refractivity contribution is 0.0822. The van der Waals surface area contributed by atoms with Crippen LogP contribution in [0, 0.1) is 5.92 Å². The number of benzene rings is 2. The lowest BCUT2D eigenvalue weighted by Crippen LogP contribution is -2.40. The van der Waals surface area contributed by atoms with Gasteiger partial charge in [0.2, 0.25) is 0 Å². The highest BCUT2D eigenvalue weighted by atomic mass is 79.9. The van der Waals surface area contributed by atoms with Crippen molar-refractivity contribution in [1.29, 1.82) is 0 Å². The minimum Gasteiger partial charge on any atom is -0.306 e. The van der Waals surface area contributed by atoms with Crippen LogP contribution in [0.4, 0.5) is 0 Å². The molecule has 3 heteroatoms. The predicted molar refractivity (Wildman–Crippen MR) is 95.9 cm³/mol. The van der Waals surface area contributed by atoms with Crippen molar-refractivity contribution < 1.29 is 4.79 Å². The number of nitrogens with zero attached hydrogens (tertiary/aromatic N) is 1. The molecule has 0 bridgehead atoms. The molecule has 1 heterocycles. The zero-order valence-electron chi connectivity index (χ0n) is 12.8. The number of ketones is 1. The highest BCUT2D eigenvalue weighted by molar-refractivity contribution is 8.93. The minimum atomic E-state index is 0. The van der Waals surface area contributed by atoms with Gasteiger partial charge < -0.3 is 4.90 Å². The van der Waals surface area contributed by atoms with E-state index in [9.17, 15) is 4.79 Å². The van der Waals surface area contributed by atoms with Gasteiger partial charge in [-0.15, -0.1) is 17.0 Å². The summed E-state index contributed by atoms with van der Waals surface area (Å²) >= 11 is 0. The van der Waals surface area contributed by atoms with E-state index in [-0.39, 0.29) is 34.6 Å². The Kier molecular flexibility index (Phi) is 5.92. The molecular formula is C19H22BrNO. The number of rotatable bonds is 3. The van der Waals surface area contributed by atoms with Gasteiger partial charge in [-0.05, 0) is 25.6 Å². The summed E-state index contributed by atoms with van der Waals surface area (Å²) in [6.45, 7) is 1.94. The largest absolute Gasteiger partial charge is 0.306 e. The molecule has 3 rings (SSSR count). The number of Topliss-reactive ketones (excluding diaryl/α,β-unsaturated/α-hetero) is 1. The van der Waals surface area contributed by atoms with Crippen LogP contribution in [-0.2, 0) is 0 Å². The van der Waals surface area contributed by atoms with Gasteiger partial charge in [-0.1, -0.05) is 60.7 Å². The summed E-state index contributed by atoms with van der Waals surface area (Å²) in [5.41, 5.74) is 2.12. The molecule has 0 amide bonds. The standard InChI is InChI=1S/C19H21NO.BrH/c1-20-13-12-17(19(21)16-10-6-3-7-11-16)18(14-20)15-8-4-2-5-9-15;/h2-11,17-18H,12-14H2,1H3;1H. The predicted octanol–water partition coefficient (Wildman–Crippen LogP) is 4.18. The van der Waals surface area contributed by atoms with Gasteiger partial charge in [0.15, 0.2) is 5.78 Å². The molecule has 0 aromatic heterocycles. The van der Waals surface area contributed by atoms with E-state index in [2.05, 4.69) is 36.2 Å². The fraction of sp³-hybridized carbons (Fsp3) is 0.316. The van der Waals surface area contributed by atoms with Crippen molar-refractivity contribution in [2.75, 3.05) is 20.1 Å². The number of hydrogen-bond donors (Lipinski definition) is 0. The second kappa shape index (κ2) is 7.70. The molecule has 1 aliphatic heterocycles. The van der Waals surface area contributed by atoms with Crippen LogP contribution in [0.1, 0.15) is 28.3 Å². The van der Waals surface area contributed by atoms with E-state index in [1.807, 2.05) is 36.4 Å². The first-order chi connectivity index (χ1) is 10.3. The Balaban J connectivity index is 0.00000176. The number of likely N-dealkylation sites (N-methyl/N-ethyl adjacent to an activating group) is 1. The van der Waals surface area contributed by atoms with Crippen LogP contribution in [0.15, 0.2) is 60.7 Å². The Morgan fingerprint density at radius 2 is 1.59 bits per heavy atom. The first-order valence-electron chi connectivity index (χ1n) is 7.58. The van der Waals surface area contributed by atoms with Gasteiger partial charge in [0.25, 0.3) is 0 Å². The maximum Gasteiger partial charge on any atom is 0.166 e. The molecule has 0 radical (unpaired) electrons. The molecule has 0 spiro atoms. The summed E-state index contributed by atoms with van der Waals surface area (Å²) in [6, 6.07) is 20.2. The Morgan fingerprint density at radius 3 is 2.23 bits per heavy atom. The first kappa shape index (κ1) is 16.9. The summed E-state index contributed by atoms with van der Waals surface area (Å²) in [6.07, 6.45) is 0.934. The lowest BCUT2D eigenvalue weighted by atomic mass is 9.77. The fourth-order valence-electron chi connectivity index (χ4n) is 3.28. The van der Waals surface area contributed by atoms with E-state index >= 15 is 0 Å². The first-order valence-corrected chi connectivity index (χ1v) is 7.58. The molecule has 1 aliphatic rings. The number of hydrogen-bond acceptors (Lipinski definition) is 2. The average molecular weight is 360 g/mol. The van der Waals surface area contributed by atoms with E-state index < -0.39 is 0 Å². The number of piperidine rings is 1. The molecule has 2 aromatic carbocycles. The average Bonchev–Trinajstić information content (AvgIpc) is 2.56. The molecule has 1 saturated heterocycles. The zero-order valence-corrected chi connectivity index (χ0v) is 14.5. The van der Waals surface area contributed by atoms with Crippen molar-refractivity contribution in [2.24, 2.45) is 5.92 Å². The topological polar surface area (TPSA) is 20.3 Å². The van der Waals surface area contributed by atoms with Gasteiger partial charge in [-0.2, -0.15) is 0 Å². The zero-order chi connectivity index (χ0) is 14.7. The van der Waals surface area contributed by atoms with Crippen LogP contribution in [0.25, 0.3) is 0 Å². The van der Waals surface area contributed by atoms with Gasteiger partial charge >= 0.3 is 0 Å². The van der Waals surface area contributed by atoms with Crippen LogP contribution in [0.3, 0.4) is 0 Å². The van der Waals surface area contributed by atoms with Crippen molar-refractivity contribution in [3.8, 4) is 0 Å². The van der Waals surface area contributed by atoms with Crippen molar-refractivity contribution in [1.82, 2.24) is 4.90 Å². The SMILES string of the molecule is Br.CN1CCC(C(=O)c2ccccc2)C(c2ccccc2)C1. The smallest absolute Gasteiger partial charge is 0.166 e. The molecule has 2 unspecified atom stereocenters. The van der Waals surface area contributed by atoms with Gasteiger partial charge in [0.05, 0.1) is 0 Å². The van der Waals surface area contributed by atoms with Crippen molar-refractivity contribution in [2.45, 2.75) is 12.3 Å². The number of carbonyl (C=O) groups is 1. The van der Waals surface area contributed by atoms with Gasteiger partial charge in [-0.3, -0.25) is 4.79 Å². The number of carbonyl (C=O) groups excluding carboxylic acids is 1. The molecule has 2 nitrogen and oxygen atoms in total. The van der Waals surface area contributed by atoms with E-state index in [1.165, 1.54) is 5.56 Å². The lowest BCUT2D eigenvalue weighted by Gasteiger charge is -2.36. The number of likely N-dealkylation sites (tertiary alicyclic amines) is 1. The van der Waals surface area contributed by atoms with E-state index in [4.69, 9.17) is 0 Å². The molecule has 0 N–H and O–H groups in total. The normalized spacial score (nSPS) is 21.9. The molecule has 2 atom stereocenters. The molecule has 2 aromatic rings. The van der Waals surface area contributed by atoms with E-state index in [0.29, 0.717) is 0 Å². The van der Waals surface area contributed by atoms with Gasteiger partial charge in [-0.25, -0.2) is 0 Å². The van der Waals surface area contributed by atoms with Crippen LogP contribution in [0.5, 0.6) is 0 Å². The van der Waals surface area contributed by atoms with Crippen LogP contribution < -0.4 is 0 Å². The van der Waals surface area contributed by atoms with Gasteiger partial charge in [0, 0.05) is 23.9 Å². The molecule has 0 aliphatic carbocycles. The second-order valence-corrected chi connectivity index (χ2v) is 5.90. The third-order valence-electron chi connectivity index (χ3n) is 4.44. The molecule has 22 heavy (non-hydrogen) atoms. The molecule has 0 saturated carbocycles. The second-order valence-electron chi connectivity index (χ2n) is 5.90. The molecular weight excluding hydrogens is 338 g/mol. The Morgan fingerprint density at radius 1 is 1.00 bits per heavy atom. The highest BCUT2D eigenvalue weighted by Gasteiger charge is 2.34. The maximum absolute atomic E-state index is 12.9. The summed E-state index contributed by atoms with van der Waals surface area (Å²) < 4.78 is 0. The summed E-state index contributed by atoms with van der Waals surface area (Å²) in [5, 5.41) is 0. The number of halogens is 1. The van der Waals surface area contributed by atoms with Crippen LogP contribution in [0.2, 0.25) is 0 Å². The van der Waals surface area contributed by atoms with E-state index in [0.717, 1.165) is 25.1 Å². The molecule has 116 valence electrons. The highest BCUT2D eigenvalue weighted by Crippen LogP contribution is 2.34. The van der Waals surface area contributed by atoms with Crippen LogP contribution in [-0.4, -0.2) is 30.8 Å². The Labute approximate surface area is 142 Å². The summed E-state index contributed by atoms with van der Waals surface area (Å²) in [7, 11) is 2.14. The monoisotopic (exact) mass is 359 g/mol. The minimum absolute atomic E-state index is 0. The van der Waals surface area contributed by atoms with E-state index in [1.54, 1.807) is 0 Å². The Bertz CT molecular complexity index is 599. The van der Waals surface area contributed by atoms with Crippen molar-refractivity contribution in [3.05, 3.63) is 71.8 Å². The third kappa shape index (κ3) is 3.65. The van der Waals surface area contributed by atoms with Crippen molar-refractivity contribution in [3.63, 3.8) is 0 Å². The fourth-order valence-corrected chi connectivity index (χ4v) is 3.28. The molecule has 1 fully saturated rings. The maximum atomic E-state index is 12.9. The summed E-state index contributed by atoms with van der Waals surface area (Å²) in [5.74, 6) is 0.668. The Hall–Kier alpha value is -1.45. The quantitative estimate of drug-likeness (QED) is 0.766. The van der Waals surface area contributed by atoms with Gasteiger partial charge in [0.1, 0.15) is 0 Å². The van der Waals surface area contributed by atoms with Crippen LogP contribution >= 0.6 is 17.0 Å². The van der Waals surface area contributed by atoms with Crippen molar-refractivity contribution >= 4 is 22.8 Å².